The molecule has 1 amide bonds. The Morgan fingerprint density at radius 3 is 2.41 bits per heavy atom. The Morgan fingerprint density at radius 1 is 1.17 bits per heavy atom. The summed E-state index contributed by atoms with van der Waals surface area (Å²) < 4.78 is 5.23. The van der Waals surface area contributed by atoms with Gasteiger partial charge in [0, 0.05) is 31.7 Å². The highest BCUT2D eigenvalue weighted by molar-refractivity contribution is 6.44. The maximum Gasteiger partial charge on any atom is 0.317 e. The summed E-state index contributed by atoms with van der Waals surface area (Å²) in [4.78, 5) is 34.5. The summed E-state index contributed by atoms with van der Waals surface area (Å²) in [6, 6.07) is 10.5. The summed E-state index contributed by atoms with van der Waals surface area (Å²) in [6.45, 7) is 11.2. The van der Waals surface area contributed by atoms with Crippen LogP contribution in [0.25, 0.3) is 0 Å². The number of amides is 1. The Hall–Kier alpha value is -2.21. The number of piperidine rings is 1. The van der Waals surface area contributed by atoms with E-state index >= 15 is 0 Å². The second-order valence-corrected chi connectivity index (χ2v) is 8.90. The van der Waals surface area contributed by atoms with Crippen molar-refractivity contribution >= 4 is 17.6 Å². The van der Waals surface area contributed by atoms with E-state index in [2.05, 4.69) is 29.2 Å². The van der Waals surface area contributed by atoms with Gasteiger partial charge in [0.2, 0.25) is 0 Å². The van der Waals surface area contributed by atoms with Gasteiger partial charge in [0.25, 0.3) is 5.91 Å². The minimum atomic E-state index is -0.580. The lowest BCUT2D eigenvalue weighted by Crippen LogP contribution is -2.43. The number of aliphatic imine (C=N–C) groups is 1. The Morgan fingerprint density at radius 2 is 1.83 bits per heavy atom. The highest BCUT2D eigenvalue weighted by atomic mass is 16.5. The van der Waals surface area contributed by atoms with Crippen LogP contribution in [0.1, 0.15) is 46.1 Å². The average Bonchev–Trinajstić information content (AvgIpc) is 3.01. The van der Waals surface area contributed by atoms with Gasteiger partial charge in [-0.05, 0) is 46.1 Å². The van der Waals surface area contributed by atoms with Crippen LogP contribution in [0.15, 0.2) is 35.3 Å². The van der Waals surface area contributed by atoms with Crippen LogP contribution in [0.5, 0.6) is 0 Å². The lowest BCUT2D eigenvalue weighted by atomic mass is 10.0. The molecule has 2 aliphatic rings. The van der Waals surface area contributed by atoms with Gasteiger partial charge >= 0.3 is 5.97 Å². The molecule has 2 heterocycles. The van der Waals surface area contributed by atoms with Gasteiger partial charge in [-0.3, -0.25) is 19.5 Å². The molecular weight excluding hydrogens is 366 g/mol. The molecule has 2 aliphatic heterocycles. The second-order valence-electron chi connectivity index (χ2n) is 8.90. The number of rotatable bonds is 5. The third-order valence-corrected chi connectivity index (χ3v) is 5.67. The normalized spacial score (nSPS) is 23.0. The summed E-state index contributed by atoms with van der Waals surface area (Å²) >= 11 is 0. The molecule has 0 unspecified atom stereocenters. The number of nitrogens with zero attached hydrogens (tertiary/aromatic N) is 3. The molecule has 158 valence electrons. The van der Waals surface area contributed by atoms with Crippen molar-refractivity contribution in [2.24, 2.45) is 10.9 Å². The van der Waals surface area contributed by atoms with E-state index in [1.54, 1.807) is 11.8 Å². The highest BCUT2D eigenvalue weighted by Gasteiger charge is 2.46. The molecule has 0 aromatic heterocycles. The summed E-state index contributed by atoms with van der Waals surface area (Å²) in [6.07, 6.45) is 1.79. The van der Waals surface area contributed by atoms with Crippen molar-refractivity contribution in [2.75, 3.05) is 26.2 Å². The van der Waals surface area contributed by atoms with E-state index in [1.165, 1.54) is 5.56 Å². The molecule has 2 saturated heterocycles. The number of ether oxygens (including phenoxy) is 1. The van der Waals surface area contributed by atoms with E-state index in [-0.39, 0.29) is 23.5 Å². The third-order valence-electron chi connectivity index (χ3n) is 5.67. The maximum atomic E-state index is 13.0. The number of hydrogen-bond acceptors (Lipinski definition) is 5. The largest absolute Gasteiger partial charge is 0.465 e. The molecule has 0 aliphatic carbocycles. The van der Waals surface area contributed by atoms with Crippen molar-refractivity contribution in [1.82, 2.24) is 9.80 Å². The monoisotopic (exact) mass is 399 g/mol. The second kappa shape index (κ2) is 9.08. The van der Waals surface area contributed by atoms with Crippen molar-refractivity contribution in [3.05, 3.63) is 35.9 Å². The van der Waals surface area contributed by atoms with Crippen LogP contribution in [0.3, 0.4) is 0 Å². The zero-order chi connectivity index (χ0) is 21.0. The molecule has 1 aromatic carbocycles. The van der Waals surface area contributed by atoms with Crippen molar-refractivity contribution in [1.29, 1.82) is 0 Å². The summed E-state index contributed by atoms with van der Waals surface area (Å²) in [5.41, 5.74) is 1.35. The van der Waals surface area contributed by atoms with Gasteiger partial charge in [-0.1, -0.05) is 30.3 Å². The first-order valence-corrected chi connectivity index (χ1v) is 10.6. The van der Waals surface area contributed by atoms with Gasteiger partial charge in [-0.25, -0.2) is 0 Å². The first-order valence-electron chi connectivity index (χ1n) is 10.6. The van der Waals surface area contributed by atoms with Gasteiger partial charge in [-0.15, -0.1) is 0 Å². The van der Waals surface area contributed by atoms with Gasteiger partial charge in [0.15, 0.2) is 0 Å². The first kappa shape index (κ1) is 21.5. The molecular formula is C23H33N3O3. The fraction of sp³-hybridized carbons (Fsp3) is 0.609. The molecule has 29 heavy (non-hydrogen) atoms. The van der Waals surface area contributed by atoms with Crippen molar-refractivity contribution < 1.29 is 14.3 Å². The van der Waals surface area contributed by atoms with Gasteiger partial charge in [-0.2, -0.15) is 0 Å². The Kier molecular flexibility index (Phi) is 6.73. The molecule has 0 N–H and O–H groups in total. The standard InChI is InChI=1S/C23H33N3O3/c1-5-29-22(28)19-16-26(23(2,3)4)21(27)20(19)24-18-11-13-25(14-12-18)15-17-9-7-6-8-10-17/h6-10,18-19H,5,11-16H2,1-4H3/t19-/m1/s1. The fourth-order valence-corrected chi connectivity index (χ4v) is 4.04. The molecule has 6 nitrogen and oxygen atoms in total. The Balaban J connectivity index is 1.68. The summed E-state index contributed by atoms with van der Waals surface area (Å²) in [7, 11) is 0. The van der Waals surface area contributed by atoms with Crippen LogP contribution in [-0.2, 0) is 20.9 Å². The van der Waals surface area contributed by atoms with Gasteiger partial charge in [0.1, 0.15) is 11.6 Å². The van der Waals surface area contributed by atoms with Crippen molar-refractivity contribution in [3.8, 4) is 0 Å². The number of benzene rings is 1. The van der Waals surface area contributed by atoms with E-state index in [0.717, 1.165) is 32.5 Å². The van der Waals surface area contributed by atoms with E-state index in [0.29, 0.717) is 18.9 Å². The van der Waals surface area contributed by atoms with E-state index in [9.17, 15) is 9.59 Å². The van der Waals surface area contributed by atoms with Crippen LogP contribution < -0.4 is 0 Å². The number of likely N-dealkylation sites (tertiary alicyclic amines) is 2. The molecule has 0 radical (unpaired) electrons. The number of carbonyl (C=O) groups is 2. The molecule has 1 aromatic rings. The van der Waals surface area contributed by atoms with Crippen molar-refractivity contribution in [3.63, 3.8) is 0 Å². The Labute approximate surface area is 173 Å². The maximum absolute atomic E-state index is 13.0. The molecule has 0 saturated carbocycles. The quantitative estimate of drug-likeness (QED) is 0.715. The lowest BCUT2D eigenvalue weighted by molar-refractivity contribution is -0.145. The SMILES string of the molecule is CCOC(=O)[C@@H]1CN(C(C)(C)C)C(=O)C1=NC1CCN(Cc2ccccc2)CC1. The predicted molar refractivity (Wildman–Crippen MR) is 114 cm³/mol. The number of esters is 1. The number of carbonyl (C=O) groups excluding carboxylic acids is 2. The highest BCUT2D eigenvalue weighted by Crippen LogP contribution is 2.27. The molecule has 0 spiro atoms. The Bertz CT molecular complexity index is 746. The number of hydrogen-bond donors (Lipinski definition) is 0. The van der Waals surface area contributed by atoms with Crippen LogP contribution in [-0.4, -0.2) is 65.2 Å². The van der Waals surface area contributed by atoms with Crippen LogP contribution in [0.4, 0.5) is 0 Å². The fourth-order valence-electron chi connectivity index (χ4n) is 4.04. The van der Waals surface area contributed by atoms with Crippen LogP contribution >= 0.6 is 0 Å². The molecule has 3 rings (SSSR count). The predicted octanol–water partition coefficient (Wildman–Crippen LogP) is 2.91. The van der Waals surface area contributed by atoms with E-state index < -0.39 is 5.92 Å². The van der Waals surface area contributed by atoms with E-state index in [4.69, 9.17) is 9.73 Å². The minimum absolute atomic E-state index is 0.0813. The van der Waals surface area contributed by atoms with Crippen LogP contribution in [0.2, 0.25) is 0 Å². The molecule has 1 atom stereocenters. The van der Waals surface area contributed by atoms with Gasteiger partial charge < -0.3 is 9.64 Å². The topological polar surface area (TPSA) is 62.2 Å². The zero-order valence-corrected chi connectivity index (χ0v) is 18.1. The summed E-state index contributed by atoms with van der Waals surface area (Å²) in [5.74, 6) is -1.04. The summed E-state index contributed by atoms with van der Waals surface area (Å²) in [5, 5.41) is 0. The smallest absolute Gasteiger partial charge is 0.317 e. The first-order chi connectivity index (χ1) is 13.8. The lowest BCUT2D eigenvalue weighted by Gasteiger charge is -2.31. The molecule has 6 heteroatoms. The average molecular weight is 400 g/mol. The molecule has 2 fully saturated rings. The van der Waals surface area contributed by atoms with Crippen LogP contribution in [0, 0.1) is 5.92 Å². The van der Waals surface area contributed by atoms with Crippen molar-refractivity contribution in [2.45, 2.75) is 58.7 Å². The third kappa shape index (κ3) is 5.24. The van der Waals surface area contributed by atoms with Gasteiger partial charge in [0.05, 0.1) is 12.6 Å². The zero-order valence-electron chi connectivity index (χ0n) is 18.1. The molecule has 0 bridgehead atoms. The van der Waals surface area contributed by atoms with E-state index in [1.807, 2.05) is 26.8 Å². The minimum Gasteiger partial charge on any atom is -0.465 e.